The Kier molecular flexibility index (Phi) is 29.9. The third kappa shape index (κ3) is 24.5. The van der Waals surface area contributed by atoms with E-state index in [1.807, 2.05) is 0 Å². The fourth-order valence-electron chi connectivity index (χ4n) is 8.78. The maximum atomic E-state index is 12.8. The summed E-state index contributed by atoms with van der Waals surface area (Å²) in [5.41, 5.74) is 0.500. The lowest BCUT2D eigenvalue weighted by Crippen LogP contribution is -2.60. The van der Waals surface area contributed by atoms with Gasteiger partial charge in [-0.2, -0.15) is 0 Å². The standard InChI is InChI=1S/C48H91NO5/c1-5-9-12-14-20-27-34-45(35-28-21-15-13-10-6-2)54-47(51)37-30-23-17-19-26-32-42(49-43-38-48(39-43)40-52-41-48)31-25-18-16-22-29-36-46(50)53-44(8-4)33-24-11-7-3/h42-45,49H,5-41H2,1-4H3. The molecule has 0 aromatic heterocycles. The van der Waals surface area contributed by atoms with Gasteiger partial charge in [0.15, 0.2) is 0 Å². The van der Waals surface area contributed by atoms with Gasteiger partial charge in [-0.05, 0) is 83.5 Å². The average molecular weight is 762 g/mol. The van der Waals surface area contributed by atoms with Gasteiger partial charge < -0.3 is 19.5 Å². The Bertz CT molecular complexity index is 866. The zero-order valence-electron chi connectivity index (χ0n) is 36.5. The van der Waals surface area contributed by atoms with Crippen LogP contribution in [0.3, 0.4) is 0 Å². The van der Waals surface area contributed by atoms with E-state index in [0.717, 1.165) is 71.0 Å². The van der Waals surface area contributed by atoms with Crippen molar-refractivity contribution in [3.8, 4) is 0 Å². The van der Waals surface area contributed by atoms with Crippen LogP contribution in [0.15, 0.2) is 0 Å². The molecule has 0 aromatic rings. The van der Waals surface area contributed by atoms with E-state index in [1.54, 1.807) is 0 Å². The maximum absolute atomic E-state index is 12.8. The summed E-state index contributed by atoms with van der Waals surface area (Å²) in [4.78, 5) is 25.2. The van der Waals surface area contributed by atoms with Crippen LogP contribution in [0.2, 0.25) is 0 Å². The quantitative estimate of drug-likeness (QED) is 0.0497. The molecule has 54 heavy (non-hydrogen) atoms. The third-order valence-electron chi connectivity index (χ3n) is 12.5. The molecule has 1 N–H and O–H groups in total. The second-order valence-corrected chi connectivity index (χ2v) is 17.8. The third-order valence-corrected chi connectivity index (χ3v) is 12.5. The van der Waals surface area contributed by atoms with E-state index >= 15 is 0 Å². The number of ether oxygens (including phenoxy) is 3. The second-order valence-electron chi connectivity index (χ2n) is 17.8. The van der Waals surface area contributed by atoms with Crippen LogP contribution in [0.4, 0.5) is 0 Å². The van der Waals surface area contributed by atoms with Crippen molar-refractivity contribution < 1.29 is 23.8 Å². The zero-order valence-corrected chi connectivity index (χ0v) is 36.5. The molecule has 6 heteroatoms. The summed E-state index contributed by atoms with van der Waals surface area (Å²) >= 11 is 0. The van der Waals surface area contributed by atoms with Crippen LogP contribution in [0, 0.1) is 5.41 Å². The molecule has 1 saturated heterocycles. The monoisotopic (exact) mass is 762 g/mol. The van der Waals surface area contributed by atoms with Crippen molar-refractivity contribution >= 4 is 11.9 Å². The molecular formula is C48H91NO5. The molecule has 0 bridgehead atoms. The molecule has 1 aliphatic carbocycles. The second kappa shape index (κ2) is 32.9. The first-order valence-electron chi connectivity index (χ1n) is 24.2. The van der Waals surface area contributed by atoms with E-state index < -0.39 is 0 Å². The van der Waals surface area contributed by atoms with E-state index in [-0.39, 0.29) is 24.1 Å². The summed E-state index contributed by atoms with van der Waals surface area (Å²) in [6.45, 7) is 10.8. The molecule has 0 aromatic carbocycles. The van der Waals surface area contributed by atoms with Crippen LogP contribution in [-0.2, 0) is 23.8 Å². The van der Waals surface area contributed by atoms with E-state index in [1.165, 1.54) is 154 Å². The van der Waals surface area contributed by atoms with Gasteiger partial charge in [0.2, 0.25) is 0 Å². The van der Waals surface area contributed by atoms with Gasteiger partial charge in [0, 0.05) is 30.3 Å². The van der Waals surface area contributed by atoms with Gasteiger partial charge in [-0.1, -0.05) is 156 Å². The molecule has 2 aliphatic rings. The molecule has 0 radical (unpaired) electrons. The SMILES string of the molecule is CCCCCCCCC(CCCCCCCC)OC(=O)CCCCCCCC(CCCCCCCC(=O)OC(CC)CCCCC)NC1CC2(COC2)C1. The van der Waals surface area contributed by atoms with Crippen molar-refractivity contribution in [2.45, 2.75) is 277 Å². The number of carbonyl (C=O) groups excluding carboxylic acids is 2. The number of hydrogen-bond acceptors (Lipinski definition) is 6. The van der Waals surface area contributed by atoms with Crippen LogP contribution in [-0.4, -0.2) is 49.4 Å². The van der Waals surface area contributed by atoms with Gasteiger partial charge >= 0.3 is 11.9 Å². The van der Waals surface area contributed by atoms with Crippen LogP contribution in [0.25, 0.3) is 0 Å². The molecule has 6 nitrogen and oxygen atoms in total. The summed E-state index contributed by atoms with van der Waals surface area (Å²) in [5, 5.41) is 4.05. The van der Waals surface area contributed by atoms with Crippen LogP contribution in [0.1, 0.15) is 252 Å². The first-order valence-corrected chi connectivity index (χ1v) is 24.2. The van der Waals surface area contributed by atoms with Crippen molar-refractivity contribution in [1.29, 1.82) is 0 Å². The minimum atomic E-state index is 0.00363. The summed E-state index contributed by atoms with van der Waals surface area (Å²) in [6, 6.07) is 1.27. The molecule has 2 rings (SSSR count). The van der Waals surface area contributed by atoms with Crippen molar-refractivity contribution in [2.24, 2.45) is 5.41 Å². The van der Waals surface area contributed by atoms with Gasteiger partial charge in [0.05, 0.1) is 13.2 Å². The number of rotatable bonds is 39. The van der Waals surface area contributed by atoms with Crippen molar-refractivity contribution in [3.05, 3.63) is 0 Å². The van der Waals surface area contributed by atoms with Crippen molar-refractivity contribution in [2.75, 3.05) is 13.2 Å². The number of nitrogens with one attached hydrogen (secondary N) is 1. The lowest BCUT2D eigenvalue weighted by molar-refractivity contribution is -0.168. The Labute approximate surface area is 335 Å². The highest BCUT2D eigenvalue weighted by molar-refractivity contribution is 5.69. The highest BCUT2D eigenvalue weighted by Crippen LogP contribution is 2.47. The van der Waals surface area contributed by atoms with E-state index in [9.17, 15) is 9.59 Å². The number of carbonyl (C=O) groups is 2. The first kappa shape index (κ1) is 49.0. The van der Waals surface area contributed by atoms with Gasteiger partial charge in [0.25, 0.3) is 0 Å². The molecular weight excluding hydrogens is 671 g/mol. The molecule has 0 amide bonds. The Balaban J connectivity index is 1.60. The fraction of sp³-hybridized carbons (Fsp3) is 0.958. The summed E-state index contributed by atoms with van der Waals surface area (Å²) in [7, 11) is 0. The summed E-state index contributed by atoms with van der Waals surface area (Å²) in [5.74, 6) is 0.0446. The van der Waals surface area contributed by atoms with Crippen molar-refractivity contribution in [3.63, 3.8) is 0 Å². The minimum absolute atomic E-state index is 0.00363. The van der Waals surface area contributed by atoms with Gasteiger partial charge in [-0.25, -0.2) is 0 Å². The topological polar surface area (TPSA) is 73.9 Å². The number of unbranched alkanes of at least 4 members (excludes halogenated alkanes) is 20. The minimum Gasteiger partial charge on any atom is -0.462 e. The molecule has 1 heterocycles. The van der Waals surface area contributed by atoms with E-state index in [4.69, 9.17) is 14.2 Å². The first-order chi connectivity index (χ1) is 26.4. The Morgan fingerprint density at radius 2 is 0.889 bits per heavy atom. The lowest BCUT2D eigenvalue weighted by atomic mass is 9.64. The van der Waals surface area contributed by atoms with Crippen molar-refractivity contribution in [1.82, 2.24) is 5.32 Å². The molecule has 2 unspecified atom stereocenters. The molecule has 318 valence electrons. The Morgan fingerprint density at radius 1 is 0.519 bits per heavy atom. The fourth-order valence-corrected chi connectivity index (χ4v) is 8.78. The Hall–Kier alpha value is -1.14. The molecule has 2 fully saturated rings. The van der Waals surface area contributed by atoms with Crippen LogP contribution < -0.4 is 5.32 Å². The van der Waals surface area contributed by atoms with E-state index in [2.05, 4.69) is 33.0 Å². The Morgan fingerprint density at radius 3 is 1.33 bits per heavy atom. The predicted molar refractivity (Wildman–Crippen MR) is 228 cm³/mol. The summed E-state index contributed by atoms with van der Waals surface area (Å²) in [6.07, 6.45) is 41.2. The smallest absolute Gasteiger partial charge is 0.306 e. The largest absolute Gasteiger partial charge is 0.462 e. The zero-order chi connectivity index (χ0) is 39.0. The summed E-state index contributed by atoms with van der Waals surface area (Å²) < 4.78 is 17.4. The molecule has 1 saturated carbocycles. The van der Waals surface area contributed by atoms with Crippen LogP contribution in [0.5, 0.6) is 0 Å². The van der Waals surface area contributed by atoms with E-state index in [0.29, 0.717) is 30.3 Å². The molecule has 1 aliphatic heterocycles. The highest BCUT2D eigenvalue weighted by Gasteiger charge is 2.49. The molecule has 1 spiro atoms. The predicted octanol–water partition coefficient (Wildman–Crippen LogP) is 13.9. The van der Waals surface area contributed by atoms with Gasteiger partial charge in [-0.3, -0.25) is 9.59 Å². The normalized spacial score (nSPS) is 16.3. The average Bonchev–Trinajstić information content (AvgIpc) is 3.13. The lowest BCUT2D eigenvalue weighted by Gasteiger charge is -2.54. The number of hydrogen-bond donors (Lipinski definition) is 1. The van der Waals surface area contributed by atoms with Gasteiger partial charge in [0.1, 0.15) is 12.2 Å². The van der Waals surface area contributed by atoms with Crippen LogP contribution >= 0.6 is 0 Å². The maximum Gasteiger partial charge on any atom is 0.306 e. The number of esters is 2. The van der Waals surface area contributed by atoms with Gasteiger partial charge in [-0.15, -0.1) is 0 Å². The highest BCUT2D eigenvalue weighted by atomic mass is 16.5. The molecule has 2 atom stereocenters.